The molecular weight excluding hydrogens is 470 g/mol. The Kier molecular flexibility index (Phi) is 7.16. The number of methoxy groups -OCH3 is 2. The third-order valence-corrected chi connectivity index (χ3v) is 7.28. The third kappa shape index (κ3) is 3.91. The second-order valence-corrected chi connectivity index (χ2v) is 9.65. The zero-order valence-corrected chi connectivity index (χ0v) is 21.8. The molecular formula is C29H33N3O5. The van der Waals surface area contributed by atoms with Gasteiger partial charge in [-0.05, 0) is 44.3 Å². The quantitative estimate of drug-likeness (QED) is 0.529. The number of rotatable bonds is 8. The number of benzene rings is 1. The molecule has 4 rings (SSSR count). The fraction of sp³-hybridized carbons (Fsp3) is 0.379. The van der Waals surface area contributed by atoms with Gasteiger partial charge in [-0.15, -0.1) is 0 Å². The fourth-order valence-corrected chi connectivity index (χ4v) is 5.87. The van der Waals surface area contributed by atoms with Crippen molar-refractivity contribution >= 4 is 0 Å². The number of hydrogen-bond acceptors (Lipinski definition) is 8. The van der Waals surface area contributed by atoms with Crippen molar-refractivity contribution in [2.75, 3.05) is 34.9 Å². The van der Waals surface area contributed by atoms with Crippen LogP contribution in [0, 0.1) is 23.2 Å². The molecule has 0 saturated heterocycles. The lowest BCUT2D eigenvalue weighted by Crippen LogP contribution is -2.52. The molecule has 0 unspecified atom stereocenters. The molecule has 1 aromatic heterocycles. The van der Waals surface area contributed by atoms with E-state index in [2.05, 4.69) is 17.6 Å². The van der Waals surface area contributed by atoms with Crippen LogP contribution >= 0.6 is 0 Å². The summed E-state index contributed by atoms with van der Waals surface area (Å²) in [4.78, 5) is 6.36. The summed E-state index contributed by atoms with van der Waals surface area (Å²) in [7, 11) is 6.75. The molecule has 1 fully saturated rings. The van der Waals surface area contributed by atoms with Gasteiger partial charge >= 0.3 is 0 Å². The molecule has 0 amide bonds. The van der Waals surface area contributed by atoms with Crippen molar-refractivity contribution in [2.45, 2.75) is 24.2 Å². The lowest BCUT2D eigenvalue weighted by atomic mass is 9.70. The first-order chi connectivity index (χ1) is 17.7. The molecule has 194 valence electrons. The van der Waals surface area contributed by atoms with Gasteiger partial charge in [0, 0.05) is 24.4 Å². The standard InChI is InChI=1S/C29H33N3O5/c1-7-8-9-10-18(2)24-21(17-32(3)4)26(33)28(34)25-22(15-23(35-5)31-27(25)36-6)37-29(24,28)20-13-11-19(16-30)12-14-20/h7-15,21,24,26,33-34H,2,17H2,1,3-6H3/b8-7-,10-9-/t21-,24-,26-,28+,29+/m1/s1. The van der Waals surface area contributed by atoms with E-state index in [0.29, 0.717) is 29.0 Å². The number of hydrogen-bond donors (Lipinski definition) is 2. The predicted molar refractivity (Wildman–Crippen MR) is 139 cm³/mol. The summed E-state index contributed by atoms with van der Waals surface area (Å²) in [6.07, 6.45) is 6.27. The van der Waals surface area contributed by atoms with Crippen LogP contribution in [0.4, 0.5) is 0 Å². The summed E-state index contributed by atoms with van der Waals surface area (Å²) in [6.45, 7) is 6.74. The third-order valence-electron chi connectivity index (χ3n) is 7.28. The molecule has 5 atom stereocenters. The first-order valence-corrected chi connectivity index (χ1v) is 12.1. The van der Waals surface area contributed by atoms with Gasteiger partial charge in [0.2, 0.25) is 11.8 Å². The Balaban J connectivity index is 2.07. The van der Waals surface area contributed by atoms with Crippen LogP contribution in [0.3, 0.4) is 0 Å². The number of aromatic nitrogens is 1. The van der Waals surface area contributed by atoms with Gasteiger partial charge < -0.3 is 29.3 Å². The van der Waals surface area contributed by atoms with Crippen LogP contribution in [0.1, 0.15) is 23.6 Å². The van der Waals surface area contributed by atoms with Crippen LogP contribution in [-0.2, 0) is 11.2 Å². The van der Waals surface area contributed by atoms with Crippen molar-refractivity contribution in [3.05, 3.63) is 83.5 Å². The van der Waals surface area contributed by atoms with E-state index in [1.807, 2.05) is 50.2 Å². The lowest BCUT2D eigenvalue weighted by molar-refractivity contribution is -0.155. The van der Waals surface area contributed by atoms with E-state index in [-0.39, 0.29) is 17.3 Å². The maximum Gasteiger partial charge on any atom is 0.226 e. The van der Waals surface area contributed by atoms with Gasteiger partial charge in [0.15, 0.2) is 11.2 Å². The van der Waals surface area contributed by atoms with Crippen molar-refractivity contribution < 1.29 is 24.4 Å². The predicted octanol–water partition coefficient (Wildman–Crippen LogP) is 3.30. The SMILES string of the molecule is C=C(/C=C\C=C/C)[C@@H]1[C@@H](CN(C)C)[C@@H](O)[C@@]2(O)c3c(cc(OC)nc3OC)O[C@@]12c1ccc(C#N)cc1. The second kappa shape index (κ2) is 10.0. The summed E-state index contributed by atoms with van der Waals surface area (Å²) < 4.78 is 17.7. The summed E-state index contributed by atoms with van der Waals surface area (Å²) >= 11 is 0. The highest BCUT2D eigenvalue weighted by Gasteiger charge is 2.77. The number of nitrogens with zero attached hydrogens (tertiary/aromatic N) is 3. The minimum atomic E-state index is -1.95. The average Bonchev–Trinajstić information content (AvgIpc) is 3.26. The first-order valence-electron chi connectivity index (χ1n) is 12.1. The molecule has 2 aromatic rings. The Morgan fingerprint density at radius 2 is 1.95 bits per heavy atom. The minimum absolute atomic E-state index is 0.103. The van der Waals surface area contributed by atoms with Crippen molar-refractivity contribution in [2.24, 2.45) is 11.8 Å². The molecule has 0 spiro atoms. The Labute approximate surface area is 217 Å². The highest BCUT2D eigenvalue weighted by Crippen LogP contribution is 2.68. The molecule has 1 aliphatic heterocycles. The van der Waals surface area contributed by atoms with Gasteiger partial charge in [0.25, 0.3) is 0 Å². The van der Waals surface area contributed by atoms with Gasteiger partial charge in [0.1, 0.15) is 5.75 Å². The zero-order valence-electron chi connectivity index (χ0n) is 21.8. The van der Waals surface area contributed by atoms with E-state index in [0.717, 1.165) is 0 Å². The number of aliphatic hydroxyl groups is 2. The number of nitriles is 1. The molecule has 8 heteroatoms. The van der Waals surface area contributed by atoms with Crippen molar-refractivity contribution in [1.82, 2.24) is 9.88 Å². The van der Waals surface area contributed by atoms with Crippen LogP contribution in [0.5, 0.6) is 17.5 Å². The molecule has 2 heterocycles. The number of ether oxygens (including phenoxy) is 3. The maximum absolute atomic E-state index is 12.7. The van der Waals surface area contributed by atoms with Gasteiger partial charge in [0.05, 0.1) is 37.5 Å². The van der Waals surface area contributed by atoms with E-state index in [1.165, 1.54) is 14.2 Å². The molecule has 37 heavy (non-hydrogen) atoms. The molecule has 1 aliphatic carbocycles. The summed E-state index contributed by atoms with van der Waals surface area (Å²) in [5, 5.41) is 34.1. The van der Waals surface area contributed by atoms with Crippen LogP contribution in [-0.4, -0.2) is 61.1 Å². The van der Waals surface area contributed by atoms with Crippen molar-refractivity contribution in [1.29, 1.82) is 5.26 Å². The van der Waals surface area contributed by atoms with Crippen LogP contribution in [0.2, 0.25) is 0 Å². The van der Waals surface area contributed by atoms with E-state index >= 15 is 0 Å². The van der Waals surface area contributed by atoms with E-state index in [4.69, 9.17) is 14.2 Å². The summed E-state index contributed by atoms with van der Waals surface area (Å²) in [5.74, 6) is -0.387. The van der Waals surface area contributed by atoms with Gasteiger partial charge in [-0.1, -0.05) is 43.0 Å². The first kappa shape index (κ1) is 26.4. The average molecular weight is 504 g/mol. The summed E-state index contributed by atoms with van der Waals surface area (Å²) in [5.41, 5.74) is -1.46. The Bertz CT molecular complexity index is 1280. The smallest absolute Gasteiger partial charge is 0.226 e. The molecule has 1 aromatic carbocycles. The zero-order chi connectivity index (χ0) is 27.0. The largest absolute Gasteiger partial charge is 0.481 e. The molecule has 0 bridgehead atoms. The Morgan fingerprint density at radius 1 is 1.24 bits per heavy atom. The van der Waals surface area contributed by atoms with Crippen molar-refractivity contribution in [3.63, 3.8) is 0 Å². The molecule has 2 aliphatic rings. The number of fused-ring (bicyclic) bond motifs is 3. The number of pyridine rings is 1. The molecule has 1 saturated carbocycles. The second-order valence-electron chi connectivity index (χ2n) is 9.65. The Morgan fingerprint density at radius 3 is 2.51 bits per heavy atom. The van der Waals surface area contributed by atoms with Gasteiger partial charge in [-0.3, -0.25) is 0 Å². The normalized spacial score (nSPS) is 28.2. The molecule has 0 radical (unpaired) electrons. The topological polar surface area (TPSA) is 108 Å². The highest BCUT2D eigenvalue weighted by atomic mass is 16.5. The van der Waals surface area contributed by atoms with Crippen LogP contribution in [0.15, 0.2) is 66.8 Å². The van der Waals surface area contributed by atoms with Gasteiger partial charge in [-0.25, -0.2) is 0 Å². The summed E-state index contributed by atoms with van der Waals surface area (Å²) in [6, 6.07) is 10.6. The van der Waals surface area contributed by atoms with Gasteiger partial charge in [-0.2, -0.15) is 10.2 Å². The van der Waals surface area contributed by atoms with E-state index in [9.17, 15) is 15.5 Å². The number of aliphatic hydroxyl groups excluding tert-OH is 1. The van der Waals surface area contributed by atoms with E-state index < -0.39 is 29.1 Å². The minimum Gasteiger partial charge on any atom is -0.481 e. The van der Waals surface area contributed by atoms with Crippen LogP contribution in [0.25, 0.3) is 0 Å². The fourth-order valence-electron chi connectivity index (χ4n) is 5.87. The lowest BCUT2D eigenvalue weighted by Gasteiger charge is -2.41. The monoisotopic (exact) mass is 503 g/mol. The molecule has 8 nitrogen and oxygen atoms in total. The number of allylic oxidation sites excluding steroid dienone is 4. The van der Waals surface area contributed by atoms with Crippen molar-refractivity contribution in [3.8, 4) is 23.6 Å². The highest BCUT2D eigenvalue weighted by molar-refractivity contribution is 5.59. The maximum atomic E-state index is 12.7. The molecule has 2 N–H and O–H groups in total. The Hall–Kier alpha value is -3.64. The van der Waals surface area contributed by atoms with E-state index in [1.54, 1.807) is 30.3 Å². The van der Waals surface area contributed by atoms with Crippen LogP contribution < -0.4 is 14.2 Å².